The minimum atomic E-state index is -0.402. The van der Waals surface area contributed by atoms with Crippen molar-refractivity contribution in [3.63, 3.8) is 0 Å². The number of hydrogen-bond donors (Lipinski definition) is 1. The number of amides is 1. The van der Waals surface area contributed by atoms with Crippen LogP contribution in [0.3, 0.4) is 0 Å². The SMILES string of the molecule is Cc1ccc(C(=O)Nc2sc(C)c(C)c2C(=O)OC(C)C)cc1. The Kier molecular flexibility index (Phi) is 5.21. The zero-order valence-electron chi connectivity index (χ0n) is 14.0. The van der Waals surface area contributed by atoms with Crippen molar-refractivity contribution in [1.82, 2.24) is 0 Å². The molecule has 23 heavy (non-hydrogen) atoms. The molecule has 2 aromatic rings. The molecule has 2 rings (SSSR count). The second-order valence-corrected chi connectivity index (χ2v) is 6.99. The van der Waals surface area contributed by atoms with Gasteiger partial charge in [0.1, 0.15) is 5.00 Å². The predicted octanol–water partition coefficient (Wildman–Crippen LogP) is 4.49. The summed E-state index contributed by atoms with van der Waals surface area (Å²) in [4.78, 5) is 25.7. The molecule has 1 amide bonds. The molecule has 1 aromatic carbocycles. The van der Waals surface area contributed by atoms with Gasteiger partial charge in [0.25, 0.3) is 5.91 Å². The summed E-state index contributed by atoms with van der Waals surface area (Å²) in [6.45, 7) is 9.36. The van der Waals surface area contributed by atoms with E-state index in [2.05, 4.69) is 5.32 Å². The number of hydrogen-bond acceptors (Lipinski definition) is 4. The summed E-state index contributed by atoms with van der Waals surface area (Å²) in [7, 11) is 0. The van der Waals surface area contributed by atoms with Gasteiger partial charge in [-0.05, 0) is 52.3 Å². The molecule has 0 aliphatic rings. The van der Waals surface area contributed by atoms with E-state index in [-0.39, 0.29) is 12.0 Å². The summed E-state index contributed by atoms with van der Waals surface area (Å²) in [6.07, 6.45) is -0.206. The van der Waals surface area contributed by atoms with Gasteiger partial charge in [-0.15, -0.1) is 11.3 Å². The van der Waals surface area contributed by atoms with Crippen molar-refractivity contribution < 1.29 is 14.3 Å². The maximum absolute atomic E-state index is 12.4. The number of carbonyl (C=O) groups is 2. The lowest BCUT2D eigenvalue weighted by Crippen LogP contribution is -2.16. The molecule has 0 radical (unpaired) electrons. The third-order valence-electron chi connectivity index (χ3n) is 3.47. The highest BCUT2D eigenvalue weighted by molar-refractivity contribution is 7.16. The van der Waals surface area contributed by atoms with Crippen LogP contribution in [0.5, 0.6) is 0 Å². The summed E-state index contributed by atoms with van der Waals surface area (Å²) in [6, 6.07) is 7.30. The number of thiophene rings is 1. The van der Waals surface area contributed by atoms with Crippen LogP contribution in [0.1, 0.15) is 50.6 Å². The molecule has 1 aromatic heterocycles. The molecular formula is C18H21NO3S. The van der Waals surface area contributed by atoms with Crippen molar-refractivity contribution >= 4 is 28.2 Å². The number of rotatable bonds is 4. The van der Waals surface area contributed by atoms with E-state index in [0.29, 0.717) is 16.1 Å². The van der Waals surface area contributed by atoms with E-state index < -0.39 is 5.97 Å². The van der Waals surface area contributed by atoms with Crippen LogP contribution in [0, 0.1) is 20.8 Å². The van der Waals surface area contributed by atoms with Gasteiger partial charge < -0.3 is 10.1 Å². The molecule has 0 unspecified atom stereocenters. The molecular weight excluding hydrogens is 310 g/mol. The fourth-order valence-corrected chi connectivity index (χ4v) is 3.16. The molecule has 0 saturated heterocycles. The van der Waals surface area contributed by atoms with E-state index in [0.717, 1.165) is 16.0 Å². The highest BCUT2D eigenvalue weighted by atomic mass is 32.1. The van der Waals surface area contributed by atoms with Crippen LogP contribution < -0.4 is 5.32 Å². The Morgan fingerprint density at radius 3 is 2.26 bits per heavy atom. The van der Waals surface area contributed by atoms with Crippen molar-refractivity contribution in [3.8, 4) is 0 Å². The minimum absolute atomic E-state index is 0.206. The summed E-state index contributed by atoms with van der Waals surface area (Å²) in [5.74, 6) is -0.633. The largest absolute Gasteiger partial charge is 0.459 e. The van der Waals surface area contributed by atoms with Gasteiger partial charge in [-0.2, -0.15) is 0 Å². The lowest BCUT2D eigenvalue weighted by Gasteiger charge is -2.10. The Balaban J connectivity index is 2.29. The Morgan fingerprint density at radius 1 is 1.09 bits per heavy atom. The number of esters is 1. The molecule has 0 atom stereocenters. The molecule has 0 spiro atoms. The van der Waals surface area contributed by atoms with E-state index in [4.69, 9.17) is 4.74 Å². The first-order chi connectivity index (χ1) is 10.8. The van der Waals surface area contributed by atoms with Crippen molar-refractivity contribution in [1.29, 1.82) is 0 Å². The molecule has 1 N–H and O–H groups in total. The molecule has 5 heteroatoms. The van der Waals surface area contributed by atoms with Gasteiger partial charge in [-0.3, -0.25) is 4.79 Å². The third-order valence-corrected chi connectivity index (χ3v) is 4.60. The van der Waals surface area contributed by atoms with Gasteiger partial charge in [0.2, 0.25) is 0 Å². The topological polar surface area (TPSA) is 55.4 Å². The summed E-state index contributed by atoms with van der Waals surface area (Å²) < 4.78 is 5.29. The number of anilines is 1. The van der Waals surface area contributed by atoms with Crippen LogP contribution in [0.15, 0.2) is 24.3 Å². The quantitative estimate of drug-likeness (QED) is 0.840. The third kappa shape index (κ3) is 3.99. The fourth-order valence-electron chi connectivity index (χ4n) is 2.11. The van der Waals surface area contributed by atoms with Gasteiger partial charge in [-0.25, -0.2) is 4.79 Å². The van der Waals surface area contributed by atoms with E-state index in [1.807, 2.05) is 32.9 Å². The lowest BCUT2D eigenvalue weighted by atomic mass is 10.1. The van der Waals surface area contributed by atoms with Crippen molar-refractivity contribution in [2.45, 2.75) is 40.7 Å². The van der Waals surface area contributed by atoms with Crippen LogP contribution in [0.25, 0.3) is 0 Å². The predicted molar refractivity (Wildman–Crippen MR) is 93.5 cm³/mol. The smallest absolute Gasteiger partial charge is 0.341 e. The summed E-state index contributed by atoms with van der Waals surface area (Å²) in [5.41, 5.74) is 2.94. The second-order valence-electron chi connectivity index (χ2n) is 5.76. The molecule has 0 aliphatic carbocycles. The second kappa shape index (κ2) is 6.96. The zero-order valence-corrected chi connectivity index (χ0v) is 14.8. The maximum atomic E-state index is 12.4. The molecule has 0 bridgehead atoms. The van der Waals surface area contributed by atoms with Crippen molar-refractivity contribution in [2.75, 3.05) is 5.32 Å². The van der Waals surface area contributed by atoms with Gasteiger partial charge in [0, 0.05) is 10.4 Å². The number of carbonyl (C=O) groups excluding carboxylic acids is 2. The molecule has 0 fully saturated rings. The van der Waals surface area contributed by atoms with Gasteiger partial charge in [0.05, 0.1) is 11.7 Å². The number of ether oxygens (including phenoxy) is 1. The number of aryl methyl sites for hydroxylation is 2. The minimum Gasteiger partial charge on any atom is -0.459 e. The monoisotopic (exact) mass is 331 g/mol. The Morgan fingerprint density at radius 2 is 1.70 bits per heavy atom. The van der Waals surface area contributed by atoms with Crippen LogP contribution in [0.4, 0.5) is 5.00 Å². The standard InChI is InChI=1S/C18H21NO3S/c1-10(2)22-18(21)15-12(4)13(5)23-17(15)19-16(20)14-8-6-11(3)7-9-14/h6-10H,1-5H3,(H,19,20). The summed E-state index contributed by atoms with van der Waals surface area (Å²) in [5, 5.41) is 3.38. The maximum Gasteiger partial charge on any atom is 0.341 e. The van der Waals surface area contributed by atoms with Crippen molar-refractivity contribution in [2.24, 2.45) is 0 Å². The molecule has 0 aliphatic heterocycles. The first-order valence-electron chi connectivity index (χ1n) is 7.48. The Hall–Kier alpha value is -2.14. The summed E-state index contributed by atoms with van der Waals surface area (Å²) >= 11 is 1.39. The normalized spacial score (nSPS) is 10.7. The highest BCUT2D eigenvalue weighted by Crippen LogP contribution is 2.33. The Bertz CT molecular complexity index is 729. The van der Waals surface area contributed by atoms with Gasteiger partial charge >= 0.3 is 5.97 Å². The number of nitrogens with one attached hydrogen (secondary N) is 1. The molecule has 4 nitrogen and oxygen atoms in total. The van der Waals surface area contributed by atoms with Gasteiger partial charge in [0.15, 0.2) is 0 Å². The molecule has 0 saturated carbocycles. The van der Waals surface area contributed by atoms with E-state index in [1.54, 1.807) is 26.0 Å². The van der Waals surface area contributed by atoms with Crippen LogP contribution >= 0.6 is 11.3 Å². The van der Waals surface area contributed by atoms with Crippen molar-refractivity contribution in [3.05, 3.63) is 51.4 Å². The average Bonchev–Trinajstić information content (AvgIpc) is 2.73. The van der Waals surface area contributed by atoms with E-state index in [1.165, 1.54) is 11.3 Å². The zero-order chi connectivity index (χ0) is 17.1. The van der Waals surface area contributed by atoms with Gasteiger partial charge in [-0.1, -0.05) is 17.7 Å². The fraction of sp³-hybridized carbons (Fsp3) is 0.333. The average molecular weight is 331 g/mol. The van der Waals surface area contributed by atoms with E-state index >= 15 is 0 Å². The highest BCUT2D eigenvalue weighted by Gasteiger charge is 2.23. The number of benzene rings is 1. The first kappa shape index (κ1) is 17.2. The Labute approximate surface area is 140 Å². The van der Waals surface area contributed by atoms with Crippen LogP contribution in [-0.4, -0.2) is 18.0 Å². The lowest BCUT2D eigenvalue weighted by molar-refractivity contribution is 0.0379. The van der Waals surface area contributed by atoms with Crippen LogP contribution in [-0.2, 0) is 4.74 Å². The molecule has 1 heterocycles. The van der Waals surface area contributed by atoms with E-state index in [9.17, 15) is 9.59 Å². The first-order valence-corrected chi connectivity index (χ1v) is 8.30. The van der Waals surface area contributed by atoms with Crippen LogP contribution in [0.2, 0.25) is 0 Å². The molecule has 122 valence electrons.